The van der Waals surface area contributed by atoms with Crippen LogP contribution in [0.25, 0.3) is 11.0 Å². The van der Waals surface area contributed by atoms with Crippen LogP contribution in [0.5, 0.6) is 0 Å². The number of hydrogen-bond acceptors (Lipinski definition) is 5. The number of nitrogens with zero attached hydrogens (tertiary/aromatic N) is 1. The lowest BCUT2D eigenvalue weighted by Gasteiger charge is -1.94. The summed E-state index contributed by atoms with van der Waals surface area (Å²) in [7, 11) is 1.25. The van der Waals surface area contributed by atoms with E-state index in [1.54, 1.807) is 18.2 Å². The lowest BCUT2D eigenvalue weighted by molar-refractivity contribution is 0.0569. The molecule has 0 amide bonds. The minimum absolute atomic E-state index is 0.0346. The van der Waals surface area contributed by atoms with Gasteiger partial charge in [-0.1, -0.05) is 0 Å². The largest absolute Gasteiger partial charge is 0.463 e. The molecule has 5 nitrogen and oxygen atoms in total. The average Bonchev–Trinajstić information content (AvgIpc) is 2.65. The summed E-state index contributed by atoms with van der Waals surface area (Å²) in [6.45, 7) is 0. The first-order chi connectivity index (χ1) is 7.67. The number of carbonyl (C=O) groups is 1. The second kappa shape index (κ2) is 3.59. The summed E-state index contributed by atoms with van der Waals surface area (Å²) in [5.41, 5.74) is 6.84. The molecule has 16 heavy (non-hydrogen) atoms. The fourth-order valence-corrected chi connectivity index (χ4v) is 1.43. The Bertz CT molecular complexity index is 607. The molecule has 0 saturated carbocycles. The summed E-state index contributed by atoms with van der Waals surface area (Å²) in [6.07, 6.45) is 0. The topological polar surface area (TPSA) is 89.2 Å². The van der Waals surface area contributed by atoms with Crippen LogP contribution in [0.3, 0.4) is 0 Å². The predicted octanol–water partition coefficient (Wildman–Crippen LogP) is 1.67. The fraction of sp³-hybridized carbons (Fsp3) is 0.0909. The number of fused-ring (bicyclic) bond motifs is 1. The second-order valence-electron chi connectivity index (χ2n) is 3.16. The van der Waals surface area contributed by atoms with E-state index in [1.807, 2.05) is 6.07 Å². The van der Waals surface area contributed by atoms with Crippen molar-refractivity contribution in [3.8, 4) is 6.07 Å². The molecule has 0 atom stereocenters. The smallest absolute Gasteiger partial charge is 0.376 e. The number of nitrogens with two attached hydrogens (primary N) is 1. The molecule has 0 aliphatic carbocycles. The van der Waals surface area contributed by atoms with Gasteiger partial charge in [0.05, 0.1) is 24.4 Å². The van der Waals surface area contributed by atoms with Crippen LogP contribution in [0.4, 0.5) is 5.69 Å². The first-order valence-corrected chi connectivity index (χ1v) is 4.48. The Morgan fingerprint density at radius 3 is 2.94 bits per heavy atom. The number of nitriles is 1. The zero-order valence-corrected chi connectivity index (χ0v) is 8.48. The lowest BCUT2D eigenvalue weighted by atomic mass is 10.1. The monoisotopic (exact) mass is 216 g/mol. The molecular formula is C11H8N2O3. The number of anilines is 1. The molecule has 0 radical (unpaired) electrons. The van der Waals surface area contributed by atoms with Crippen LogP contribution in [0.15, 0.2) is 22.6 Å². The zero-order valence-electron chi connectivity index (χ0n) is 8.48. The van der Waals surface area contributed by atoms with Gasteiger partial charge in [-0.05, 0) is 18.2 Å². The first-order valence-electron chi connectivity index (χ1n) is 4.48. The molecular weight excluding hydrogens is 208 g/mol. The molecule has 0 aliphatic heterocycles. The third-order valence-corrected chi connectivity index (χ3v) is 2.23. The highest BCUT2D eigenvalue weighted by molar-refractivity contribution is 6.03. The molecule has 1 aromatic carbocycles. The van der Waals surface area contributed by atoms with E-state index in [9.17, 15) is 4.79 Å². The second-order valence-corrected chi connectivity index (χ2v) is 3.16. The quantitative estimate of drug-likeness (QED) is 0.732. The molecule has 2 rings (SSSR count). The first kappa shape index (κ1) is 10.1. The van der Waals surface area contributed by atoms with Crippen molar-refractivity contribution >= 4 is 22.6 Å². The molecule has 0 unspecified atom stereocenters. The van der Waals surface area contributed by atoms with Crippen LogP contribution in [-0.4, -0.2) is 13.1 Å². The number of carbonyl (C=O) groups excluding carboxylic acids is 1. The predicted molar refractivity (Wildman–Crippen MR) is 56.7 cm³/mol. The maximum absolute atomic E-state index is 11.3. The van der Waals surface area contributed by atoms with Crippen LogP contribution in [0.2, 0.25) is 0 Å². The number of ether oxygens (including phenoxy) is 1. The molecule has 1 heterocycles. The zero-order chi connectivity index (χ0) is 11.7. The minimum Gasteiger partial charge on any atom is -0.463 e. The van der Waals surface area contributed by atoms with Crippen molar-refractivity contribution in [2.45, 2.75) is 0 Å². The van der Waals surface area contributed by atoms with Crippen molar-refractivity contribution in [1.82, 2.24) is 0 Å². The highest BCUT2D eigenvalue weighted by Crippen LogP contribution is 2.29. The summed E-state index contributed by atoms with van der Waals surface area (Å²) in [5, 5.41) is 9.28. The van der Waals surface area contributed by atoms with Gasteiger partial charge in [-0.2, -0.15) is 5.26 Å². The van der Waals surface area contributed by atoms with Crippen LogP contribution < -0.4 is 5.73 Å². The van der Waals surface area contributed by atoms with Crippen molar-refractivity contribution in [2.75, 3.05) is 12.8 Å². The Morgan fingerprint density at radius 1 is 1.56 bits per heavy atom. The van der Waals surface area contributed by atoms with Gasteiger partial charge in [0.25, 0.3) is 0 Å². The molecule has 0 bridgehead atoms. The third-order valence-electron chi connectivity index (χ3n) is 2.23. The van der Waals surface area contributed by atoms with Gasteiger partial charge in [0.2, 0.25) is 5.76 Å². The molecule has 0 saturated heterocycles. The van der Waals surface area contributed by atoms with Gasteiger partial charge in [-0.25, -0.2) is 4.79 Å². The van der Waals surface area contributed by atoms with Crippen molar-refractivity contribution in [2.24, 2.45) is 0 Å². The molecule has 80 valence electrons. The molecule has 1 aromatic heterocycles. The highest BCUT2D eigenvalue weighted by Gasteiger charge is 2.18. The van der Waals surface area contributed by atoms with E-state index in [0.717, 1.165) is 0 Å². The van der Waals surface area contributed by atoms with Crippen LogP contribution >= 0.6 is 0 Å². The normalized spacial score (nSPS) is 10.0. The number of nitrogen functional groups attached to an aromatic ring is 1. The molecule has 2 N–H and O–H groups in total. The van der Waals surface area contributed by atoms with Crippen LogP contribution in [0.1, 0.15) is 16.1 Å². The maximum Gasteiger partial charge on any atom is 0.376 e. The van der Waals surface area contributed by atoms with Gasteiger partial charge in [0.1, 0.15) is 5.58 Å². The number of methoxy groups -OCH3 is 1. The van der Waals surface area contributed by atoms with E-state index in [4.69, 9.17) is 15.4 Å². The number of furan rings is 1. The van der Waals surface area contributed by atoms with E-state index in [0.29, 0.717) is 16.5 Å². The van der Waals surface area contributed by atoms with Gasteiger partial charge < -0.3 is 14.9 Å². The molecule has 0 aliphatic rings. The van der Waals surface area contributed by atoms with Crippen molar-refractivity contribution in [3.63, 3.8) is 0 Å². The van der Waals surface area contributed by atoms with Crippen molar-refractivity contribution in [3.05, 3.63) is 29.5 Å². The Morgan fingerprint density at radius 2 is 2.31 bits per heavy atom. The van der Waals surface area contributed by atoms with E-state index in [2.05, 4.69) is 4.74 Å². The van der Waals surface area contributed by atoms with Crippen LogP contribution in [0, 0.1) is 11.3 Å². The van der Waals surface area contributed by atoms with E-state index in [1.165, 1.54) is 7.11 Å². The van der Waals surface area contributed by atoms with Crippen molar-refractivity contribution in [1.29, 1.82) is 5.26 Å². The maximum atomic E-state index is 11.3. The van der Waals surface area contributed by atoms with Gasteiger partial charge in [-0.3, -0.25) is 0 Å². The Labute approximate surface area is 91.0 Å². The van der Waals surface area contributed by atoms with E-state index >= 15 is 0 Å². The molecule has 5 heteroatoms. The van der Waals surface area contributed by atoms with E-state index in [-0.39, 0.29) is 11.4 Å². The summed E-state index contributed by atoms with van der Waals surface area (Å²) < 4.78 is 9.77. The summed E-state index contributed by atoms with van der Waals surface area (Å²) in [5.74, 6) is -0.667. The number of hydrogen-bond donors (Lipinski definition) is 1. The average molecular weight is 216 g/mol. The number of esters is 1. The molecule has 0 fully saturated rings. The molecule has 2 aromatic rings. The Hall–Kier alpha value is -2.48. The standard InChI is InChI=1S/C11H8N2O3/c1-15-11(14)10-9(13)7-4-6(5-12)2-3-8(7)16-10/h2-4H,13H2,1H3. The number of rotatable bonds is 1. The van der Waals surface area contributed by atoms with Gasteiger partial charge in [-0.15, -0.1) is 0 Å². The molecule has 0 spiro atoms. The van der Waals surface area contributed by atoms with Crippen LogP contribution in [-0.2, 0) is 4.74 Å². The van der Waals surface area contributed by atoms with Gasteiger partial charge in [0.15, 0.2) is 0 Å². The third kappa shape index (κ3) is 1.37. The van der Waals surface area contributed by atoms with E-state index < -0.39 is 5.97 Å². The lowest BCUT2D eigenvalue weighted by Crippen LogP contribution is -2.02. The Balaban J connectivity index is 2.70. The summed E-state index contributed by atoms with van der Waals surface area (Å²) in [6, 6.07) is 6.74. The number of benzene rings is 1. The van der Waals surface area contributed by atoms with Crippen molar-refractivity contribution < 1.29 is 13.9 Å². The SMILES string of the molecule is COC(=O)c1oc2ccc(C#N)cc2c1N. The van der Waals surface area contributed by atoms with Gasteiger partial charge >= 0.3 is 5.97 Å². The summed E-state index contributed by atoms with van der Waals surface area (Å²) >= 11 is 0. The van der Waals surface area contributed by atoms with Gasteiger partial charge in [0, 0.05) is 5.39 Å². The minimum atomic E-state index is -0.632. The summed E-state index contributed by atoms with van der Waals surface area (Å²) in [4.78, 5) is 11.3. The Kier molecular flexibility index (Phi) is 2.25. The highest BCUT2D eigenvalue weighted by atomic mass is 16.5. The fourth-order valence-electron chi connectivity index (χ4n) is 1.43.